The van der Waals surface area contributed by atoms with Crippen molar-refractivity contribution in [3.8, 4) is 6.07 Å². The fourth-order valence-electron chi connectivity index (χ4n) is 3.03. The number of benzene rings is 1. The number of nitriles is 1. The number of nitrogen functional groups attached to an aromatic ring is 1. The summed E-state index contributed by atoms with van der Waals surface area (Å²) in [6, 6.07) is 7.51. The highest BCUT2D eigenvalue weighted by Crippen LogP contribution is 2.32. The summed E-state index contributed by atoms with van der Waals surface area (Å²) in [7, 11) is 0. The number of aryl methyl sites for hydroxylation is 2. The fourth-order valence-corrected chi connectivity index (χ4v) is 3.94. The summed E-state index contributed by atoms with van der Waals surface area (Å²) in [6.45, 7) is 1.68. The molecule has 26 heavy (non-hydrogen) atoms. The summed E-state index contributed by atoms with van der Waals surface area (Å²) in [4.78, 5) is 24.7. The lowest BCUT2D eigenvalue weighted by atomic mass is 10.1. The second kappa shape index (κ2) is 7.58. The van der Waals surface area contributed by atoms with Crippen LogP contribution in [0.15, 0.2) is 18.2 Å². The molecule has 1 aromatic heterocycles. The van der Waals surface area contributed by atoms with Gasteiger partial charge in [-0.2, -0.15) is 5.26 Å². The van der Waals surface area contributed by atoms with Crippen LogP contribution in [0.5, 0.6) is 0 Å². The predicted molar refractivity (Wildman–Crippen MR) is 97.0 cm³/mol. The summed E-state index contributed by atoms with van der Waals surface area (Å²) in [5.74, 6) is -1.07. The van der Waals surface area contributed by atoms with Crippen molar-refractivity contribution in [3.05, 3.63) is 50.9 Å². The van der Waals surface area contributed by atoms with Gasteiger partial charge < -0.3 is 15.2 Å². The van der Waals surface area contributed by atoms with Gasteiger partial charge in [-0.25, -0.2) is 9.59 Å². The molecule has 0 atom stereocenters. The van der Waals surface area contributed by atoms with Gasteiger partial charge in [0.25, 0.3) is 0 Å². The van der Waals surface area contributed by atoms with Gasteiger partial charge in [-0.15, -0.1) is 11.3 Å². The van der Waals surface area contributed by atoms with Crippen molar-refractivity contribution in [1.82, 2.24) is 0 Å². The average molecular weight is 370 g/mol. The van der Waals surface area contributed by atoms with Crippen LogP contribution in [0.1, 0.15) is 55.6 Å². The van der Waals surface area contributed by atoms with E-state index in [4.69, 9.17) is 15.2 Å². The highest BCUT2D eigenvalue weighted by Gasteiger charge is 2.24. The van der Waals surface area contributed by atoms with Gasteiger partial charge >= 0.3 is 11.9 Å². The number of nitrogens with two attached hydrogens (primary N) is 1. The first-order valence-corrected chi connectivity index (χ1v) is 9.14. The second-order valence-electron chi connectivity index (χ2n) is 5.89. The number of esters is 2. The van der Waals surface area contributed by atoms with E-state index in [2.05, 4.69) is 0 Å². The van der Waals surface area contributed by atoms with Crippen LogP contribution in [0, 0.1) is 11.3 Å². The molecule has 2 aromatic rings. The zero-order valence-electron chi connectivity index (χ0n) is 14.3. The van der Waals surface area contributed by atoms with Crippen molar-refractivity contribution in [1.29, 1.82) is 5.26 Å². The Morgan fingerprint density at radius 1 is 1.23 bits per heavy atom. The number of thiophene rings is 1. The Kier molecular flexibility index (Phi) is 5.24. The van der Waals surface area contributed by atoms with E-state index in [-0.39, 0.29) is 28.7 Å². The minimum absolute atomic E-state index is 0.153. The van der Waals surface area contributed by atoms with E-state index < -0.39 is 11.9 Å². The van der Waals surface area contributed by atoms with Crippen LogP contribution < -0.4 is 5.73 Å². The van der Waals surface area contributed by atoms with Gasteiger partial charge in [-0.3, -0.25) is 0 Å². The van der Waals surface area contributed by atoms with E-state index in [1.165, 1.54) is 11.1 Å². The van der Waals surface area contributed by atoms with Gasteiger partial charge in [0.1, 0.15) is 22.6 Å². The first kappa shape index (κ1) is 18.0. The molecule has 0 fully saturated rings. The van der Waals surface area contributed by atoms with Crippen molar-refractivity contribution in [3.63, 3.8) is 0 Å². The first-order chi connectivity index (χ1) is 12.5. The molecular weight excluding hydrogens is 352 g/mol. The molecule has 0 unspecified atom stereocenters. The van der Waals surface area contributed by atoms with Crippen LogP contribution in [0.2, 0.25) is 0 Å². The lowest BCUT2D eigenvalue weighted by molar-refractivity contribution is 0.0452. The Bertz CT molecular complexity index is 911. The third-order valence-electron chi connectivity index (χ3n) is 4.29. The van der Waals surface area contributed by atoms with E-state index in [0.29, 0.717) is 11.1 Å². The monoisotopic (exact) mass is 370 g/mol. The molecule has 6 nitrogen and oxygen atoms in total. The molecule has 0 saturated heterocycles. The zero-order chi connectivity index (χ0) is 18.7. The van der Waals surface area contributed by atoms with Crippen LogP contribution in [-0.4, -0.2) is 18.5 Å². The number of anilines is 1. The maximum absolute atomic E-state index is 12.4. The van der Waals surface area contributed by atoms with Crippen LogP contribution in [0.25, 0.3) is 0 Å². The van der Waals surface area contributed by atoms with E-state index in [1.807, 2.05) is 18.2 Å². The quantitative estimate of drug-likeness (QED) is 0.811. The van der Waals surface area contributed by atoms with Crippen molar-refractivity contribution >= 4 is 28.3 Å². The number of rotatable bonds is 5. The van der Waals surface area contributed by atoms with Crippen LogP contribution in [0.3, 0.4) is 0 Å². The van der Waals surface area contributed by atoms with Crippen molar-refractivity contribution < 1.29 is 19.1 Å². The van der Waals surface area contributed by atoms with Crippen molar-refractivity contribution in [2.75, 3.05) is 12.3 Å². The van der Waals surface area contributed by atoms with Gasteiger partial charge in [0.15, 0.2) is 0 Å². The predicted octanol–water partition coefficient (Wildman–Crippen LogP) is 3.22. The summed E-state index contributed by atoms with van der Waals surface area (Å²) in [6.07, 6.45) is 3.09. The molecule has 1 heterocycles. The number of hydrogen-bond donors (Lipinski definition) is 1. The second-order valence-corrected chi connectivity index (χ2v) is 6.95. The smallest absolute Gasteiger partial charge is 0.348 e. The fraction of sp³-hybridized carbons (Fsp3) is 0.316. The molecule has 0 spiro atoms. The van der Waals surface area contributed by atoms with Gasteiger partial charge in [0.05, 0.1) is 17.7 Å². The summed E-state index contributed by atoms with van der Waals surface area (Å²) in [5.41, 5.74) is 9.16. The highest BCUT2D eigenvalue weighted by atomic mass is 32.1. The lowest BCUT2D eigenvalue weighted by Gasteiger charge is -2.08. The Morgan fingerprint density at radius 2 is 2.00 bits per heavy atom. The molecule has 0 aliphatic heterocycles. The summed E-state index contributed by atoms with van der Waals surface area (Å²) < 4.78 is 10.3. The van der Waals surface area contributed by atoms with Gasteiger partial charge in [0.2, 0.25) is 0 Å². The third-order valence-corrected chi connectivity index (χ3v) is 5.33. The minimum Gasteiger partial charge on any atom is -0.462 e. The molecule has 1 aliphatic rings. The van der Waals surface area contributed by atoms with Crippen LogP contribution >= 0.6 is 11.3 Å². The Labute approximate surface area is 155 Å². The van der Waals surface area contributed by atoms with Crippen LogP contribution in [-0.2, 0) is 28.9 Å². The summed E-state index contributed by atoms with van der Waals surface area (Å²) in [5, 5.41) is 9.50. The number of nitrogens with zero attached hydrogens (tertiary/aromatic N) is 1. The number of carbonyl (C=O) groups is 2. The molecule has 7 heteroatoms. The van der Waals surface area contributed by atoms with E-state index in [1.54, 1.807) is 13.0 Å². The van der Waals surface area contributed by atoms with Crippen LogP contribution in [0.4, 0.5) is 5.00 Å². The molecular formula is C19H18N2O4S. The lowest BCUT2D eigenvalue weighted by Crippen LogP contribution is -2.10. The standard InChI is InChI=1S/C19H18N2O4S/c1-2-24-19(23)16-15(14(9-20)17(21)26-16)10-25-18(22)13-7-6-11-4-3-5-12(11)8-13/h6-8H,2-5,10,21H2,1H3. The molecule has 2 N–H and O–H groups in total. The topological polar surface area (TPSA) is 102 Å². The average Bonchev–Trinajstić information content (AvgIpc) is 3.22. The number of carbonyl (C=O) groups excluding carboxylic acids is 2. The van der Waals surface area contributed by atoms with E-state index in [0.717, 1.165) is 30.6 Å². The van der Waals surface area contributed by atoms with Crippen molar-refractivity contribution in [2.45, 2.75) is 32.8 Å². The minimum atomic E-state index is -0.575. The first-order valence-electron chi connectivity index (χ1n) is 8.32. The molecule has 1 aromatic carbocycles. The molecule has 3 rings (SSSR count). The normalized spacial score (nSPS) is 12.3. The summed E-state index contributed by atoms with van der Waals surface area (Å²) >= 11 is 0.967. The zero-order valence-corrected chi connectivity index (χ0v) is 15.1. The number of hydrogen-bond acceptors (Lipinski definition) is 7. The van der Waals surface area contributed by atoms with Crippen molar-refractivity contribution in [2.24, 2.45) is 0 Å². The van der Waals surface area contributed by atoms with Gasteiger partial charge in [-0.05, 0) is 49.4 Å². The number of fused-ring (bicyclic) bond motifs is 1. The molecule has 0 bridgehead atoms. The molecule has 0 amide bonds. The Morgan fingerprint density at radius 3 is 2.73 bits per heavy atom. The molecule has 0 radical (unpaired) electrons. The Balaban J connectivity index is 1.79. The van der Waals surface area contributed by atoms with Gasteiger partial charge in [0, 0.05) is 5.56 Å². The molecule has 0 saturated carbocycles. The van der Waals surface area contributed by atoms with Gasteiger partial charge in [-0.1, -0.05) is 6.07 Å². The highest BCUT2D eigenvalue weighted by molar-refractivity contribution is 7.18. The maximum atomic E-state index is 12.4. The Hall–Kier alpha value is -2.85. The molecule has 134 valence electrons. The van der Waals surface area contributed by atoms with E-state index >= 15 is 0 Å². The SMILES string of the molecule is CCOC(=O)c1sc(N)c(C#N)c1COC(=O)c1ccc2c(c1)CCC2. The largest absolute Gasteiger partial charge is 0.462 e. The third kappa shape index (κ3) is 3.41. The maximum Gasteiger partial charge on any atom is 0.348 e. The molecule has 1 aliphatic carbocycles. The number of ether oxygens (including phenoxy) is 2. The van der Waals surface area contributed by atoms with E-state index in [9.17, 15) is 14.9 Å².